The highest BCUT2D eigenvalue weighted by atomic mass is 32.2. The van der Waals surface area contributed by atoms with Gasteiger partial charge < -0.3 is 14.8 Å². The third-order valence-electron chi connectivity index (χ3n) is 4.38. The Labute approximate surface area is 186 Å². The van der Waals surface area contributed by atoms with Gasteiger partial charge in [-0.25, -0.2) is 13.1 Å². The van der Waals surface area contributed by atoms with Crippen molar-refractivity contribution < 1.29 is 22.7 Å². The molecule has 2 N–H and O–H groups in total. The van der Waals surface area contributed by atoms with E-state index in [1.54, 1.807) is 30.6 Å². The molecule has 2 aromatic carbocycles. The van der Waals surface area contributed by atoms with Crippen LogP contribution in [0.1, 0.15) is 15.2 Å². The Bertz CT molecular complexity index is 1080. The number of rotatable bonds is 11. The van der Waals surface area contributed by atoms with Crippen LogP contribution in [-0.2, 0) is 16.4 Å². The van der Waals surface area contributed by atoms with Crippen LogP contribution in [0, 0.1) is 0 Å². The average Bonchev–Trinajstić information content (AvgIpc) is 3.30. The van der Waals surface area contributed by atoms with Gasteiger partial charge in [0.15, 0.2) is 11.5 Å². The van der Waals surface area contributed by atoms with Crippen molar-refractivity contribution in [2.24, 2.45) is 0 Å². The van der Waals surface area contributed by atoms with E-state index in [2.05, 4.69) is 10.0 Å². The van der Waals surface area contributed by atoms with Crippen LogP contribution in [0.2, 0.25) is 0 Å². The van der Waals surface area contributed by atoms with Gasteiger partial charge in [0.1, 0.15) is 6.61 Å². The fourth-order valence-electron chi connectivity index (χ4n) is 2.80. The third kappa shape index (κ3) is 6.55. The Balaban J connectivity index is 1.46. The van der Waals surface area contributed by atoms with Crippen LogP contribution in [0.4, 0.5) is 0 Å². The van der Waals surface area contributed by atoms with Crippen molar-refractivity contribution in [3.63, 3.8) is 0 Å². The number of amides is 1. The average molecular weight is 461 g/mol. The lowest BCUT2D eigenvalue weighted by Crippen LogP contribution is -2.28. The van der Waals surface area contributed by atoms with Crippen LogP contribution >= 0.6 is 11.3 Å². The van der Waals surface area contributed by atoms with E-state index in [9.17, 15) is 13.2 Å². The molecular weight excluding hydrogens is 436 g/mol. The number of thiophene rings is 1. The number of para-hydroxylation sites is 2. The first-order chi connectivity index (χ1) is 15.0. The number of carbonyl (C=O) groups excluding carboxylic acids is 1. The van der Waals surface area contributed by atoms with Crippen molar-refractivity contribution in [2.75, 3.05) is 26.8 Å². The highest BCUT2D eigenvalue weighted by molar-refractivity contribution is 7.89. The maximum atomic E-state index is 12.4. The number of benzene rings is 2. The summed E-state index contributed by atoms with van der Waals surface area (Å²) in [5, 5.41) is 4.70. The van der Waals surface area contributed by atoms with Gasteiger partial charge in [0, 0.05) is 17.0 Å². The second-order valence-corrected chi connectivity index (χ2v) is 9.31. The molecule has 1 amide bonds. The molecule has 0 radical (unpaired) electrons. The third-order valence-corrected chi connectivity index (χ3v) is 6.80. The molecule has 0 saturated heterocycles. The van der Waals surface area contributed by atoms with E-state index in [1.807, 2.05) is 29.6 Å². The summed E-state index contributed by atoms with van der Waals surface area (Å²) >= 11 is 1.59. The Morgan fingerprint density at radius 2 is 1.71 bits per heavy atom. The molecule has 0 unspecified atom stereocenters. The van der Waals surface area contributed by atoms with Crippen LogP contribution < -0.4 is 19.5 Å². The van der Waals surface area contributed by atoms with Crippen LogP contribution in [-0.4, -0.2) is 41.1 Å². The molecule has 0 fully saturated rings. The summed E-state index contributed by atoms with van der Waals surface area (Å²) in [6.45, 7) is 0.880. The van der Waals surface area contributed by atoms with Gasteiger partial charge in [-0.2, -0.15) is 0 Å². The molecule has 0 spiro atoms. The fraction of sp³-hybridized carbons (Fsp3) is 0.227. The second-order valence-electron chi connectivity index (χ2n) is 6.51. The normalized spacial score (nSPS) is 11.1. The number of hydrogen-bond donors (Lipinski definition) is 2. The summed E-state index contributed by atoms with van der Waals surface area (Å²) in [4.78, 5) is 13.5. The Hall–Kier alpha value is -2.88. The molecule has 1 aromatic heterocycles. The van der Waals surface area contributed by atoms with Crippen molar-refractivity contribution >= 4 is 27.3 Å². The zero-order chi connectivity index (χ0) is 22.1. The standard InChI is InChI=1S/C22H24N2O5S2/c1-28-20-6-2-3-7-21(20)29-15-14-23-22(25)17-8-10-19(11-9-17)31(26,27)24-13-12-18-5-4-16-30-18/h2-11,16,24H,12-15H2,1H3,(H,23,25). The molecule has 0 aliphatic heterocycles. The first-order valence-corrected chi connectivity index (χ1v) is 12.0. The van der Waals surface area contributed by atoms with E-state index in [0.29, 0.717) is 36.6 Å². The molecule has 164 valence electrons. The Kier molecular flexibility index (Phi) is 8.05. The molecule has 1 heterocycles. The van der Waals surface area contributed by atoms with Crippen molar-refractivity contribution in [3.8, 4) is 11.5 Å². The van der Waals surface area contributed by atoms with Crippen molar-refractivity contribution in [1.29, 1.82) is 0 Å². The number of ether oxygens (including phenoxy) is 2. The van der Waals surface area contributed by atoms with E-state index in [0.717, 1.165) is 4.88 Å². The van der Waals surface area contributed by atoms with Gasteiger partial charge in [-0.1, -0.05) is 18.2 Å². The van der Waals surface area contributed by atoms with E-state index in [4.69, 9.17) is 9.47 Å². The van der Waals surface area contributed by atoms with Crippen LogP contribution in [0.25, 0.3) is 0 Å². The smallest absolute Gasteiger partial charge is 0.251 e. The molecule has 3 rings (SSSR count). The topological polar surface area (TPSA) is 93.7 Å². The van der Waals surface area contributed by atoms with E-state index in [1.165, 1.54) is 24.3 Å². The Morgan fingerprint density at radius 3 is 2.39 bits per heavy atom. The largest absolute Gasteiger partial charge is 0.493 e. The highest BCUT2D eigenvalue weighted by Gasteiger charge is 2.14. The molecule has 0 aliphatic carbocycles. The van der Waals surface area contributed by atoms with E-state index >= 15 is 0 Å². The van der Waals surface area contributed by atoms with Crippen LogP contribution in [0.3, 0.4) is 0 Å². The number of methoxy groups -OCH3 is 1. The molecule has 9 heteroatoms. The quantitative estimate of drug-likeness (QED) is 0.429. The predicted octanol–water partition coefficient (Wildman–Crippen LogP) is 3.09. The number of hydrogen-bond acceptors (Lipinski definition) is 6. The molecule has 3 aromatic rings. The molecule has 31 heavy (non-hydrogen) atoms. The monoisotopic (exact) mass is 460 g/mol. The highest BCUT2D eigenvalue weighted by Crippen LogP contribution is 2.25. The fourth-order valence-corrected chi connectivity index (χ4v) is 4.54. The lowest BCUT2D eigenvalue weighted by atomic mass is 10.2. The summed E-state index contributed by atoms with van der Waals surface area (Å²) < 4.78 is 38.2. The number of sulfonamides is 1. The van der Waals surface area contributed by atoms with Crippen molar-refractivity contribution in [1.82, 2.24) is 10.0 Å². The van der Waals surface area contributed by atoms with Gasteiger partial charge in [-0.05, 0) is 54.3 Å². The van der Waals surface area contributed by atoms with Crippen molar-refractivity contribution in [2.45, 2.75) is 11.3 Å². The van der Waals surface area contributed by atoms with Gasteiger partial charge >= 0.3 is 0 Å². The van der Waals surface area contributed by atoms with E-state index < -0.39 is 10.0 Å². The maximum Gasteiger partial charge on any atom is 0.251 e. The van der Waals surface area contributed by atoms with Gasteiger partial charge in [0.05, 0.1) is 18.6 Å². The van der Waals surface area contributed by atoms with Crippen LogP contribution in [0.5, 0.6) is 11.5 Å². The van der Waals surface area contributed by atoms with E-state index in [-0.39, 0.29) is 17.4 Å². The summed E-state index contributed by atoms with van der Waals surface area (Å²) in [5.74, 6) is 0.910. The van der Waals surface area contributed by atoms with Crippen LogP contribution in [0.15, 0.2) is 70.9 Å². The first kappa shape index (κ1) is 22.8. The van der Waals surface area contributed by atoms with Crippen molar-refractivity contribution in [3.05, 3.63) is 76.5 Å². The van der Waals surface area contributed by atoms with Gasteiger partial charge in [-0.3, -0.25) is 4.79 Å². The van der Waals surface area contributed by atoms with Gasteiger partial charge in [-0.15, -0.1) is 11.3 Å². The van der Waals surface area contributed by atoms with Gasteiger partial charge in [0.2, 0.25) is 10.0 Å². The second kappa shape index (κ2) is 10.9. The number of nitrogens with one attached hydrogen (secondary N) is 2. The summed E-state index contributed by atoms with van der Waals surface area (Å²) in [5.41, 5.74) is 0.370. The minimum absolute atomic E-state index is 0.120. The predicted molar refractivity (Wildman–Crippen MR) is 120 cm³/mol. The molecule has 0 aliphatic rings. The minimum atomic E-state index is -3.62. The lowest BCUT2D eigenvalue weighted by molar-refractivity contribution is 0.0946. The Morgan fingerprint density at radius 1 is 0.968 bits per heavy atom. The van der Waals surface area contributed by atoms with Gasteiger partial charge in [0.25, 0.3) is 5.91 Å². The lowest BCUT2D eigenvalue weighted by Gasteiger charge is -2.11. The summed E-state index contributed by atoms with van der Waals surface area (Å²) in [7, 11) is -2.06. The summed E-state index contributed by atoms with van der Waals surface area (Å²) in [6, 6.07) is 17.0. The zero-order valence-electron chi connectivity index (χ0n) is 17.0. The minimum Gasteiger partial charge on any atom is -0.493 e. The molecule has 0 bridgehead atoms. The summed E-state index contributed by atoms with van der Waals surface area (Å²) in [6.07, 6.45) is 0.633. The molecular formula is C22H24N2O5S2. The maximum absolute atomic E-state index is 12.4. The molecule has 7 nitrogen and oxygen atoms in total. The first-order valence-electron chi connectivity index (χ1n) is 9.66. The SMILES string of the molecule is COc1ccccc1OCCNC(=O)c1ccc(S(=O)(=O)NCCc2cccs2)cc1. The number of carbonyl (C=O) groups is 1. The molecule has 0 saturated carbocycles. The zero-order valence-corrected chi connectivity index (χ0v) is 18.7. The molecule has 0 atom stereocenters.